The summed E-state index contributed by atoms with van der Waals surface area (Å²) in [7, 11) is 0. The number of carbonyl (C=O) groups excluding carboxylic acids is 1. The van der Waals surface area contributed by atoms with Crippen molar-refractivity contribution in [2.24, 2.45) is 11.8 Å². The van der Waals surface area contributed by atoms with Crippen molar-refractivity contribution >= 4 is 23.0 Å². The molecule has 6 heteroatoms. The molecule has 1 fully saturated rings. The van der Waals surface area contributed by atoms with Crippen molar-refractivity contribution in [1.82, 2.24) is 10.2 Å². The van der Waals surface area contributed by atoms with E-state index in [-0.39, 0.29) is 18.5 Å². The Balaban J connectivity index is 1.66. The van der Waals surface area contributed by atoms with Gasteiger partial charge in [0, 0.05) is 24.0 Å². The summed E-state index contributed by atoms with van der Waals surface area (Å²) < 4.78 is 5.79. The average molecular weight is 330 g/mol. The molecule has 0 radical (unpaired) electrons. The predicted molar refractivity (Wildman–Crippen MR) is 89.7 cm³/mol. The monoisotopic (exact) mass is 330 g/mol. The van der Waals surface area contributed by atoms with E-state index in [1.54, 1.807) is 4.90 Å². The van der Waals surface area contributed by atoms with Crippen molar-refractivity contribution in [3.63, 3.8) is 0 Å². The largest absolute Gasteiger partial charge is 0.481 e. The fourth-order valence-corrected chi connectivity index (χ4v) is 3.36. The number of carboxylic acids is 1. The molecular formula is C18H22N2O4. The zero-order chi connectivity index (χ0) is 17.3. The second kappa shape index (κ2) is 6.55. The second-order valence-electron chi connectivity index (χ2n) is 6.59. The number of fused-ring (bicyclic) bond motifs is 1. The first-order valence-electron chi connectivity index (χ1n) is 8.18. The Hall–Kier alpha value is -2.50. The smallest absolute Gasteiger partial charge is 0.317 e. The number of piperidine rings is 1. The van der Waals surface area contributed by atoms with Gasteiger partial charge in [0.05, 0.1) is 12.5 Å². The van der Waals surface area contributed by atoms with Crippen LogP contribution in [0.4, 0.5) is 4.79 Å². The minimum Gasteiger partial charge on any atom is -0.481 e. The van der Waals surface area contributed by atoms with Crippen molar-refractivity contribution in [2.45, 2.75) is 26.8 Å². The number of aliphatic carboxylic acids is 1. The highest BCUT2D eigenvalue weighted by Gasteiger charge is 2.31. The van der Waals surface area contributed by atoms with Gasteiger partial charge < -0.3 is 19.7 Å². The summed E-state index contributed by atoms with van der Waals surface area (Å²) in [5.74, 6) is -0.428. The van der Waals surface area contributed by atoms with Crippen LogP contribution in [0.2, 0.25) is 0 Å². The van der Waals surface area contributed by atoms with Gasteiger partial charge in [0.15, 0.2) is 0 Å². The lowest BCUT2D eigenvalue weighted by molar-refractivity contribution is -0.143. The van der Waals surface area contributed by atoms with Crippen molar-refractivity contribution in [3.05, 3.63) is 35.6 Å². The Morgan fingerprint density at radius 3 is 2.79 bits per heavy atom. The molecule has 0 spiro atoms. The van der Waals surface area contributed by atoms with Crippen molar-refractivity contribution in [1.29, 1.82) is 0 Å². The molecule has 6 nitrogen and oxygen atoms in total. The molecule has 2 heterocycles. The summed E-state index contributed by atoms with van der Waals surface area (Å²) in [6.07, 6.45) is 0.613. The van der Waals surface area contributed by atoms with Crippen LogP contribution in [-0.2, 0) is 11.3 Å². The molecule has 128 valence electrons. The minimum absolute atomic E-state index is 0.179. The first-order valence-corrected chi connectivity index (χ1v) is 8.18. The van der Waals surface area contributed by atoms with E-state index in [2.05, 4.69) is 5.32 Å². The van der Waals surface area contributed by atoms with Crippen LogP contribution >= 0.6 is 0 Å². The van der Waals surface area contributed by atoms with E-state index in [4.69, 9.17) is 4.42 Å². The first kappa shape index (κ1) is 16.4. The fourth-order valence-electron chi connectivity index (χ4n) is 3.36. The van der Waals surface area contributed by atoms with Crippen LogP contribution in [-0.4, -0.2) is 35.1 Å². The Kier molecular flexibility index (Phi) is 4.46. The van der Waals surface area contributed by atoms with E-state index in [1.165, 1.54) is 0 Å². The van der Waals surface area contributed by atoms with Gasteiger partial charge in [-0.25, -0.2) is 4.79 Å². The maximum Gasteiger partial charge on any atom is 0.317 e. The quantitative estimate of drug-likeness (QED) is 0.906. The third-order valence-electron chi connectivity index (χ3n) is 4.64. The van der Waals surface area contributed by atoms with Gasteiger partial charge in [-0.05, 0) is 25.3 Å². The van der Waals surface area contributed by atoms with Crippen LogP contribution in [0.15, 0.2) is 28.7 Å². The Labute approximate surface area is 140 Å². The molecule has 2 N–H and O–H groups in total. The molecule has 2 atom stereocenters. The Morgan fingerprint density at radius 2 is 2.08 bits per heavy atom. The van der Waals surface area contributed by atoms with E-state index < -0.39 is 11.9 Å². The van der Waals surface area contributed by atoms with Crippen LogP contribution in [0.25, 0.3) is 11.0 Å². The van der Waals surface area contributed by atoms with E-state index >= 15 is 0 Å². The van der Waals surface area contributed by atoms with E-state index in [0.29, 0.717) is 19.5 Å². The fraction of sp³-hybridized carbons (Fsp3) is 0.444. The van der Waals surface area contributed by atoms with Gasteiger partial charge in [0.25, 0.3) is 0 Å². The second-order valence-corrected chi connectivity index (χ2v) is 6.59. The number of hydrogen-bond donors (Lipinski definition) is 2. The number of aryl methyl sites for hydroxylation is 1. The standard InChI is InChI=1S/C18H22N2O4/c1-11-7-13(17(21)22)10-20(9-11)18(23)19-8-16-12(2)14-5-3-4-6-15(14)24-16/h3-6,11,13H,7-10H2,1-2H3,(H,19,23)(H,21,22). The Morgan fingerprint density at radius 1 is 1.33 bits per heavy atom. The molecule has 2 aromatic rings. The zero-order valence-electron chi connectivity index (χ0n) is 13.9. The van der Waals surface area contributed by atoms with Gasteiger partial charge in [-0.3, -0.25) is 4.79 Å². The number of hydrogen-bond acceptors (Lipinski definition) is 3. The maximum absolute atomic E-state index is 12.4. The van der Waals surface area contributed by atoms with Gasteiger partial charge >= 0.3 is 12.0 Å². The van der Waals surface area contributed by atoms with E-state index in [0.717, 1.165) is 22.3 Å². The number of rotatable bonds is 3. The van der Waals surface area contributed by atoms with Crippen LogP contribution < -0.4 is 5.32 Å². The minimum atomic E-state index is -0.840. The summed E-state index contributed by atoms with van der Waals surface area (Å²) >= 11 is 0. The number of carbonyl (C=O) groups is 2. The van der Waals surface area contributed by atoms with Gasteiger partial charge in [0.1, 0.15) is 11.3 Å². The number of furan rings is 1. The van der Waals surface area contributed by atoms with Crippen molar-refractivity contribution in [2.75, 3.05) is 13.1 Å². The number of nitrogens with one attached hydrogen (secondary N) is 1. The van der Waals surface area contributed by atoms with Crippen LogP contribution in [0, 0.1) is 18.8 Å². The molecular weight excluding hydrogens is 308 g/mol. The summed E-state index contributed by atoms with van der Waals surface area (Å²) in [5, 5.41) is 13.1. The molecule has 0 saturated carbocycles. The third kappa shape index (κ3) is 3.22. The molecule has 24 heavy (non-hydrogen) atoms. The number of urea groups is 1. The summed E-state index contributed by atoms with van der Waals surface area (Å²) in [4.78, 5) is 25.2. The molecule has 3 rings (SSSR count). The molecule has 2 amide bonds. The number of amides is 2. The highest BCUT2D eigenvalue weighted by atomic mass is 16.4. The van der Waals surface area contributed by atoms with Gasteiger partial charge in [0.2, 0.25) is 0 Å². The number of para-hydroxylation sites is 1. The molecule has 1 aromatic carbocycles. The number of carboxylic acid groups (broad SMARTS) is 1. The summed E-state index contributed by atoms with van der Waals surface area (Å²) in [5.41, 5.74) is 1.82. The van der Waals surface area contributed by atoms with Crippen LogP contribution in [0.3, 0.4) is 0 Å². The molecule has 1 aliphatic heterocycles. The lowest BCUT2D eigenvalue weighted by Gasteiger charge is -2.34. The molecule has 2 unspecified atom stereocenters. The molecule has 0 bridgehead atoms. The van der Waals surface area contributed by atoms with Crippen molar-refractivity contribution in [3.8, 4) is 0 Å². The van der Waals surface area contributed by atoms with Gasteiger partial charge in [-0.15, -0.1) is 0 Å². The number of nitrogens with zero attached hydrogens (tertiary/aromatic N) is 1. The summed E-state index contributed by atoms with van der Waals surface area (Å²) in [6.45, 7) is 5.07. The molecule has 1 saturated heterocycles. The van der Waals surface area contributed by atoms with Crippen molar-refractivity contribution < 1.29 is 19.1 Å². The predicted octanol–water partition coefficient (Wildman–Crippen LogP) is 2.99. The molecule has 1 aliphatic rings. The molecule has 0 aliphatic carbocycles. The number of benzene rings is 1. The number of likely N-dealkylation sites (tertiary alicyclic amines) is 1. The van der Waals surface area contributed by atoms with Crippen LogP contribution in [0.1, 0.15) is 24.7 Å². The van der Waals surface area contributed by atoms with Crippen LogP contribution in [0.5, 0.6) is 0 Å². The molecule has 1 aromatic heterocycles. The topological polar surface area (TPSA) is 82.8 Å². The Bertz CT molecular complexity index is 767. The summed E-state index contributed by atoms with van der Waals surface area (Å²) in [6, 6.07) is 7.51. The third-order valence-corrected chi connectivity index (χ3v) is 4.64. The van der Waals surface area contributed by atoms with Gasteiger partial charge in [-0.1, -0.05) is 25.1 Å². The van der Waals surface area contributed by atoms with E-state index in [9.17, 15) is 14.7 Å². The normalized spacial score (nSPS) is 21.0. The van der Waals surface area contributed by atoms with E-state index in [1.807, 2.05) is 38.1 Å². The van der Waals surface area contributed by atoms with Gasteiger partial charge in [-0.2, -0.15) is 0 Å². The maximum atomic E-state index is 12.4. The first-order chi connectivity index (χ1) is 11.5. The lowest BCUT2D eigenvalue weighted by atomic mass is 9.91. The zero-order valence-corrected chi connectivity index (χ0v) is 13.9. The SMILES string of the molecule is Cc1c(CNC(=O)N2CC(C)CC(C(=O)O)C2)oc2ccccc12. The lowest BCUT2D eigenvalue weighted by Crippen LogP contribution is -2.49. The highest BCUT2D eigenvalue weighted by Crippen LogP contribution is 2.25. The average Bonchev–Trinajstić information content (AvgIpc) is 2.88. The highest BCUT2D eigenvalue weighted by molar-refractivity contribution is 5.82.